The molecule has 35 heavy (non-hydrogen) atoms. The van der Waals surface area contributed by atoms with Crippen LogP contribution in [0.15, 0.2) is 48.5 Å². The molecule has 10 heteroatoms. The molecule has 0 aromatic heterocycles. The largest absolute Gasteiger partial charge is 0.497 e. The average Bonchev–Trinajstić information content (AvgIpc) is 3.48. The highest BCUT2D eigenvalue weighted by molar-refractivity contribution is 6.32. The Kier molecular flexibility index (Phi) is 6.19. The van der Waals surface area contributed by atoms with E-state index in [9.17, 15) is 19.2 Å². The van der Waals surface area contributed by atoms with Crippen molar-refractivity contribution >= 4 is 58.3 Å². The van der Waals surface area contributed by atoms with E-state index in [1.165, 1.54) is 29.2 Å². The first-order chi connectivity index (χ1) is 16.8. The molecule has 0 unspecified atom stereocenters. The van der Waals surface area contributed by atoms with Gasteiger partial charge in [0.15, 0.2) is 6.61 Å². The van der Waals surface area contributed by atoms with Crippen LogP contribution in [-0.4, -0.2) is 48.2 Å². The number of carbonyl (C=O) groups is 4. The Morgan fingerprint density at radius 1 is 0.943 bits per heavy atom. The summed E-state index contributed by atoms with van der Waals surface area (Å²) < 4.78 is 10.1. The van der Waals surface area contributed by atoms with Crippen molar-refractivity contribution in [3.05, 3.63) is 54.1 Å². The zero-order valence-electron chi connectivity index (χ0n) is 18.6. The van der Waals surface area contributed by atoms with Gasteiger partial charge in [0.25, 0.3) is 5.91 Å². The van der Waals surface area contributed by atoms with Crippen LogP contribution in [-0.2, 0) is 19.1 Å². The van der Waals surface area contributed by atoms with Crippen LogP contribution in [0, 0.1) is 23.7 Å². The maximum atomic E-state index is 13.1. The molecule has 2 aromatic carbocycles. The van der Waals surface area contributed by atoms with Crippen molar-refractivity contribution in [2.24, 2.45) is 23.7 Å². The summed E-state index contributed by atoms with van der Waals surface area (Å²) in [7, 11) is 1.54. The number of benzene rings is 2. The van der Waals surface area contributed by atoms with Gasteiger partial charge in [-0.1, -0.05) is 0 Å². The molecule has 3 amide bonds. The minimum atomic E-state index is -0.703. The molecule has 0 radical (unpaired) electrons. The quantitative estimate of drug-likeness (QED) is 0.358. The van der Waals surface area contributed by atoms with Crippen molar-refractivity contribution in [2.75, 3.05) is 23.9 Å². The van der Waals surface area contributed by atoms with Gasteiger partial charge in [0, 0.05) is 5.69 Å². The fraction of sp³-hybridized carbons (Fsp3) is 0.360. The Balaban J connectivity index is 1.20. The van der Waals surface area contributed by atoms with E-state index in [1.54, 1.807) is 31.4 Å². The number of alkyl halides is 2. The molecule has 3 fully saturated rings. The van der Waals surface area contributed by atoms with Crippen molar-refractivity contribution in [3.8, 4) is 5.75 Å². The number of hydrogen-bond donors (Lipinski definition) is 1. The van der Waals surface area contributed by atoms with Crippen LogP contribution in [0.3, 0.4) is 0 Å². The zero-order chi connectivity index (χ0) is 24.9. The maximum Gasteiger partial charge on any atom is 0.338 e. The molecule has 1 heterocycles. The number of fused-ring (bicyclic) bond motifs is 5. The molecule has 2 aromatic rings. The van der Waals surface area contributed by atoms with Gasteiger partial charge in [-0.3, -0.25) is 19.3 Å². The van der Waals surface area contributed by atoms with Crippen molar-refractivity contribution in [2.45, 2.75) is 17.2 Å². The predicted molar refractivity (Wildman–Crippen MR) is 129 cm³/mol. The summed E-state index contributed by atoms with van der Waals surface area (Å²) in [5.74, 6) is -2.19. The number of anilines is 2. The number of amides is 3. The van der Waals surface area contributed by atoms with Gasteiger partial charge in [-0.05, 0) is 66.8 Å². The summed E-state index contributed by atoms with van der Waals surface area (Å²) in [4.78, 5) is 51.8. The third kappa shape index (κ3) is 4.04. The van der Waals surface area contributed by atoms with E-state index >= 15 is 0 Å². The van der Waals surface area contributed by atoms with Crippen LogP contribution in [0.4, 0.5) is 11.4 Å². The minimum Gasteiger partial charge on any atom is -0.497 e. The molecule has 6 atom stereocenters. The van der Waals surface area contributed by atoms with Crippen LogP contribution >= 0.6 is 23.2 Å². The molecule has 8 nitrogen and oxygen atoms in total. The van der Waals surface area contributed by atoms with Crippen molar-refractivity contribution in [3.63, 3.8) is 0 Å². The zero-order valence-corrected chi connectivity index (χ0v) is 20.2. The molecule has 1 aliphatic heterocycles. The molecule has 2 bridgehead atoms. The average molecular weight is 517 g/mol. The first-order valence-corrected chi connectivity index (χ1v) is 12.0. The number of hydrogen-bond acceptors (Lipinski definition) is 6. The Bertz CT molecular complexity index is 1150. The first kappa shape index (κ1) is 23.6. The molecule has 1 saturated heterocycles. The predicted octanol–water partition coefficient (Wildman–Crippen LogP) is 3.46. The highest BCUT2D eigenvalue weighted by Crippen LogP contribution is 2.59. The molecular weight excluding hydrogens is 495 g/mol. The normalized spacial score (nSPS) is 28.7. The van der Waals surface area contributed by atoms with E-state index in [2.05, 4.69) is 5.32 Å². The number of methoxy groups -OCH3 is 1. The monoisotopic (exact) mass is 516 g/mol. The number of esters is 1. The molecule has 2 saturated carbocycles. The fourth-order valence-corrected chi connectivity index (χ4v) is 6.33. The van der Waals surface area contributed by atoms with E-state index in [-0.39, 0.29) is 40.0 Å². The van der Waals surface area contributed by atoms with E-state index in [0.29, 0.717) is 23.5 Å². The second-order valence-corrected chi connectivity index (χ2v) is 9.92. The van der Waals surface area contributed by atoms with Gasteiger partial charge < -0.3 is 14.8 Å². The van der Waals surface area contributed by atoms with Gasteiger partial charge in [0.2, 0.25) is 11.8 Å². The molecule has 0 spiro atoms. The molecule has 2 aliphatic carbocycles. The summed E-state index contributed by atoms with van der Waals surface area (Å²) in [6, 6.07) is 12.7. The highest BCUT2D eigenvalue weighted by Gasteiger charge is 2.66. The Morgan fingerprint density at radius 3 is 2.06 bits per heavy atom. The lowest BCUT2D eigenvalue weighted by atomic mass is 9.80. The first-order valence-electron chi connectivity index (χ1n) is 11.2. The molecule has 182 valence electrons. The summed E-state index contributed by atoms with van der Waals surface area (Å²) in [5.41, 5.74) is 1.10. The third-order valence-corrected chi connectivity index (χ3v) is 8.38. The van der Waals surface area contributed by atoms with Crippen LogP contribution < -0.4 is 15.0 Å². The lowest BCUT2D eigenvalue weighted by Crippen LogP contribution is -2.37. The van der Waals surface area contributed by atoms with E-state index in [1.807, 2.05) is 0 Å². The Hall–Kier alpha value is -3.10. The summed E-state index contributed by atoms with van der Waals surface area (Å²) >= 11 is 12.8. The number of carbonyl (C=O) groups excluding carboxylic acids is 4. The standard InChI is InChI=1S/C25H22Cl2N2O6/c1-34-15-8-4-13(5-9-15)28-18(30)11-35-25(33)12-2-6-14(7-3-12)29-23(31)19-16-10-17(20(19)24(29)32)22(27)21(16)26/h2-9,16-17,19-22H,10-11H2,1H3,(H,28,30)/t16-,17-,19-,20+,21+,22+/m1/s1. The molecular formula is C25H22Cl2N2O6. The van der Waals surface area contributed by atoms with Gasteiger partial charge in [-0.25, -0.2) is 4.79 Å². The molecule has 5 rings (SSSR count). The lowest BCUT2D eigenvalue weighted by Gasteiger charge is -2.28. The van der Waals surface area contributed by atoms with Gasteiger partial charge >= 0.3 is 5.97 Å². The summed E-state index contributed by atoms with van der Waals surface area (Å²) in [6.07, 6.45) is 0.694. The smallest absolute Gasteiger partial charge is 0.338 e. The Labute approximate surface area is 211 Å². The number of ether oxygens (including phenoxy) is 2. The number of nitrogens with one attached hydrogen (secondary N) is 1. The number of rotatable bonds is 6. The highest BCUT2D eigenvalue weighted by atomic mass is 35.5. The third-order valence-electron chi connectivity index (χ3n) is 7.06. The van der Waals surface area contributed by atoms with E-state index < -0.39 is 30.3 Å². The lowest BCUT2D eigenvalue weighted by molar-refractivity contribution is -0.123. The summed E-state index contributed by atoms with van der Waals surface area (Å²) in [6.45, 7) is -0.471. The second-order valence-electron chi connectivity index (χ2n) is 8.92. The van der Waals surface area contributed by atoms with Crippen LogP contribution in [0.25, 0.3) is 0 Å². The molecule has 1 N–H and O–H groups in total. The van der Waals surface area contributed by atoms with E-state index in [0.717, 1.165) is 0 Å². The topological polar surface area (TPSA) is 102 Å². The molecule has 3 aliphatic rings. The maximum absolute atomic E-state index is 13.1. The summed E-state index contributed by atoms with van der Waals surface area (Å²) in [5, 5.41) is 1.98. The number of imide groups is 1. The Morgan fingerprint density at radius 2 is 1.51 bits per heavy atom. The van der Waals surface area contributed by atoms with Crippen LogP contribution in [0.2, 0.25) is 0 Å². The minimum absolute atomic E-state index is 0.103. The number of nitrogens with zero attached hydrogens (tertiary/aromatic N) is 1. The fourth-order valence-electron chi connectivity index (χ4n) is 5.44. The number of halogens is 2. The van der Waals surface area contributed by atoms with Crippen molar-refractivity contribution in [1.29, 1.82) is 0 Å². The van der Waals surface area contributed by atoms with Gasteiger partial charge in [0.1, 0.15) is 5.75 Å². The van der Waals surface area contributed by atoms with Crippen molar-refractivity contribution < 1.29 is 28.7 Å². The van der Waals surface area contributed by atoms with Gasteiger partial charge in [0.05, 0.1) is 41.0 Å². The van der Waals surface area contributed by atoms with Gasteiger partial charge in [-0.15, -0.1) is 23.2 Å². The SMILES string of the molecule is COc1ccc(NC(=O)COC(=O)c2ccc(N3C(=O)[C@@H]4[C@H]5C[C@@H]([C@H](Cl)[C@H]5Cl)[C@@H]4C3=O)cc2)cc1. The second kappa shape index (κ2) is 9.17. The van der Waals surface area contributed by atoms with E-state index in [4.69, 9.17) is 32.7 Å². The van der Waals surface area contributed by atoms with Crippen LogP contribution in [0.5, 0.6) is 5.75 Å². The van der Waals surface area contributed by atoms with Crippen LogP contribution in [0.1, 0.15) is 16.8 Å². The van der Waals surface area contributed by atoms with Crippen molar-refractivity contribution in [1.82, 2.24) is 0 Å². The van der Waals surface area contributed by atoms with Gasteiger partial charge in [-0.2, -0.15) is 0 Å².